The Bertz CT molecular complexity index is 1130. The summed E-state index contributed by atoms with van der Waals surface area (Å²) in [7, 11) is 0. The van der Waals surface area contributed by atoms with Crippen LogP contribution < -0.4 is 9.80 Å². The number of hydrogen-bond acceptors (Lipinski definition) is 2. The molecule has 6 rings (SSSR count). The zero-order chi connectivity index (χ0) is 23.3. The minimum Gasteiger partial charge on any atom is -0.367 e. The van der Waals surface area contributed by atoms with Crippen LogP contribution in [0.4, 0.5) is 11.4 Å². The van der Waals surface area contributed by atoms with Gasteiger partial charge in [0.2, 0.25) is 0 Å². The Morgan fingerprint density at radius 2 is 0.794 bits per heavy atom. The van der Waals surface area contributed by atoms with E-state index in [0.29, 0.717) is 0 Å². The second-order valence-corrected chi connectivity index (χ2v) is 9.55. The maximum atomic E-state index is 2.46. The molecule has 0 unspecified atom stereocenters. The van der Waals surface area contributed by atoms with Gasteiger partial charge in [-0.3, -0.25) is 0 Å². The normalized spacial score (nSPS) is 14.5. The number of fused-ring (bicyclic) bond motifs is 2. The van der Waals surface area contributed by atoms with E-state index in [2.05, 4.69) is 121 Å². The maximum absolute atomic E-state index is 2.46. The lowest BCUT2D eigenvalue weighted by Gasteiger charge is -2.30. The van der Waals surface area contributed by atoms with Crippen molar-refractivity contribution in [3.8, 4) is 0 Å². The topological polar surface area (TPSA) is 6.48 Å². The molecule has 0 aromatic heterocycles. The SMILES string of the molecule is Cc1ccc(N2CCc3ccccc3C2)cc1.Cc1ccc(N2CCc3ccccc3C2)cc1. The number of anilines is 2. The van der Waals surface area contributed by atoms with Crippen molar-refractivity contribution in [2.75, 3.05) is 22.9 Å². The van der Waals surface area contributed by atoms with E-state index < -0.39 is 0 Å². The van der Waals surface area contributed by atoms with Crippen molar-refractivity contribution in [2.24, 2.45) is 0 Å². The fraction of sp³-hybridized carbons (Fsp3) is 0.250. The number of benzene rings is 4. The molecule has 2 aliphatic heterocycles. The Labute approximate surface area is 204 Å². The fourth-order valence-electron chi connectivity index (χ4n) is 4.94. The molecule has 4 aromatic carbocycles. The van der Waals surface area contributed by atoms with E-state index >= 15 is 0 Å². The zero-order valence-corrected chi connectivity index (χ0v) is 20.4. The van der Waals surface area contributed by atoms with Gasteiger partial charge in [0.15, 0.2) is 0 Å². The number of nitrogens with zero attached hydrogens (tertiary/aromatic N) is 2. The Balaban J connectivity index is 0.000000142. The van der Waals surface area contributed by atoms with Crippen molar-refractivity contribution in [3.63, 3.8) is 0 Å². The lowest BCUT2D eigenvalue weighted by atomic mass is 9.99. The van der Waals surface area contributed by atoms with Crippen molar-refractivity contribution >= 4 is 11.4 Å². The molecule has 172 valence electrons. The van der Waals surface area contributed by atoms with Gasteiger partial charge in [-0.25, -0.2) is 0 Å². The standard InChI is InChI=1S/2C16H17N/c2*1-13-6-8-16(9-7-13)17-11-10-14-4-2-3-5-15(14)12-17/h2*2-9H,10-12H2,1H3. The summed E-state index contributed by atoms with van der Waals surface area (Å²) in [5, 5.41) is 0. The van der Waals surface area contributed by atoms with Crippen LogP contribution >= 0.6 is 0 Å². The maximum Gasteiger partial charge on any atom is 0.0432 e. The highest BCUT2D eigenvalue weighted by molar-refractivity contribution is 5.51. The minimum absolute atomic E-state index is 1.04. The molecule has 0 aliphatic carbocycles. The van der Waals surface area contributed by atoms with Gasteiger partial charge < -0.3 is 9.80 Å². The first kappa shape index (κ1) is 22.3. The fourth-order valence-corrected chi connectivity index (χ4v) is 4.94. The van der Waals surface area contributed by atoms with E-state index in [4.69, 9.17) is 0 Å². The van der Waals surface area contributed by atoms with Crippen LogP contribution in [0.2, 0.25) is 0 Å². The second kappa shape index (κ2) is 10.2. The highest BCUT2D eigenvalue weighted by atomic mass is 15.1. The first-order valence-electron chi connectivity index (χ1n) is 12.4. The van der Waals surface area contributed by atoms with Crippen LogP contribution in [-0.2, 0) is 25.9 Å². The molecule has 0 amide bonds. The Morgan fingerprint density at radius 1 is 0.441 bits per heavy atom. The van der Waals surface area contributed by atoms with Gasteiger partial charge in [0.1, 0.15) is 0 Å². The molecule has 0 saturated heterocycles. The monoisotopic (exact) mass is 446 g/mol. The van der Waals surface area contributed by atoms with E-state index in [1.165, 1.54) is 44.8 Å². The summed E-state index contributed by atoms with van der Waals surface area (Å²) in [6, 6.07) is 35.2. The van der Waals surface area contributed by atoms with Crippen LogP contribution in [0.1, 0.15) is 33.4 Å². The first-order chi connectivity index (χ1) is 16.7. The molecule has 2 heteroatoms. The Kier molecular flexibility index (Phi) is 6.67. The predicted octanol–water partition coefficient (Wildman–Crippen LogP) is 7.12. The summed E-state index contributed by atoms with van der Waals surface area (Å²) in [6.07, 6.45) is 2.31. The molecular weight excluding hydrogens is 412 g/mol. The molecular formula is C32H34N2. The average molecular weight is 447 g/mol. The van der Waals surface area contributed by atoms with E-state index in [1.54, 1.807) is 0 Å². The highest BCUT2D eigenvalue weighted by Gasteiger charge is 2.16. The smallest absolute Gasteiger partial charge is 0.0432 e. The highest BCUT2D eigenvalue weighted by Crippen LogP contribution is 2.25. The van der Waals surface area contributed by atoms with Crippen molar-refractivity contribution in [2.45, 2.75) is 39.8 Å². The van der Waals surface area contributed by atoms with Crippen LogP contribution in [0, 0.1) is 13.8 Å². The largest absolute Gasteiger partial charge is 0.367 e. The van der Waals surface area contributed by atoms with Crippen molar-refractivity contribution < 1.29 is 0 Å². The summed E-state index contributed by atoms with van der Waals surface area (Å²) in [6.45, 7) is 8.60. The zero-order valence-electron chi connectivity index (χ0n) is 20.4. The van der Waals surface area contributed by atoms with E-state index in [9.17, 15) is 0 Å². The molecule has 0 spiro atoms. The molecule has 2 aliphatic rings. The van der Waals surface area contributed by atoms with E-state index in [-0.39, 0.29) is 0 Å². The summed E-state index contributed by atoms with van der Waals surface area (Å²) < 4.78 is 0. The van der Waals surface area contributed by atoms with Gasteiger partial charge in [0, 0.05) is 37.6 Å². The molecule has 0 radical (unpaired) electrons. The quantitative estimate of drug-likeness (QED) is 0.323. The third-order valence-electron chi connectivity index (χ3n) is 7.06. The van der Waals surface area contributed by atoms with Gasteiger partial charge in [-0.15, -0.1) is 0 Å². The summed E-state index contributed by atoms with van der Waals surface area (Å²) >= 11 is 0. The van der Waals surface area contributed by atoms with E-state index in [1.807, 2.05) is 0 Å². The lowest BCUT2D eigenvalue weighted by molar-refractivity contribution is 0.731. The number of hydrogen-bond donors (Lipinski definition) is 0. The Hall–Kier alpha value is -3.52. The third-order valence-corrected chi connectivity index (χ3v) is 7.06. The first-order valence-corrected chi connectivity index (χ1v) is 12.4. The third kappa shape index (κ3) is 5.17. The summed E-state index contributed by atoms with van der Waals surface area (Å²) in [5.41, 5.74) is 11.3. The molecule has 2 nitrogen and oxygen atoms in total. The van der Waals surface area contributed by atoms with Crippen LogP contribution in [-0.4, -0.2) is 13.1 Å². The minimum atomic E-state index is 1.04. The second-order valence-electron chi connectivity index (χ2n) is 9.55. The van der Waals surface area contributed by atoms with Crippen molar-refractivity contribution in [3.05, 3.63) is 130 Å². The number of rotatable bonds is 2. The molecule has 0 saturated carbocycles. The van der Waals surface area contributed by atoms with Crippen molar-refractivity contribution in [1.29, 1.82) is 0 Å². The van der Waals surface area contributed by atoms with Crippen LogP contribution in [0.3, 0.4) is 0 Å². The van der Waals surface area contributed by atoms with Gasteiger partial charge in [0.25, 0.3) is 0 Å². The molecule has 4 aromatic rings. The molecule has 34 heavy (non-hydrogen) atoms. The van der Waals surface area contributed by atoms with Crippen molar-refractivity contribution in [1.82, 2.24) is 0 Å². The molecule has 0 bridgehead atoms. The van der Waals surface area contributed by atoms with Gasteiger partial charge in [0.05, 0.1) is 0 Å². The van der Waals surface area contributed by atoms with Gasteiger partial charge in [-0.2, -0.15) is 0 Å². The molecule has 2 heterocycles. The van der Waals surface area contributed by atoms with Gasteiger partial charge >= 0.3 is 0 Å². The average Bonchev–Trinajstić information content (AvgIpc) is 2.89. The molecule has 0 N–H and O–H groups in total. The number of aryl methyl sites for hydroxylation is 2. The summed E-state index contributed by atoms with van der Waals surface area (Å²) in [5.74, 6) is 0. The van der Waals surface area contributed by atoms with Gasteiger partial charge in [-0.05, 0) is 73.2 Å². The molecule has 0 atom stereocenters. The lowest BCUT2D eigenvalue weighted by Crippen LogP contribution is -2.30. The van der Waals surface area contributed by atoms with Crippen LogP contribution in [0.5, 0.6) is 0 Å². The van der Waals surface area contributed by atoms with Gasteiger partial charge in [-0.1, -0.05) is 83.9 Å². The van der Waals surface area contributed by atoms with E-state index in [0.717, 1.165) is 39.0 Å². The predicted molar refractivity (Wildman–Crippen MR) is 145 cm³/mol. The summed E-state index contributed by atoms with van der Waals surface area (Å²) in [4.78, 5) is 4.92. The Morgan fingerprint density at radius 3 is 1.18 bits per heavy atom. The molecule has 0 fully saturated rings. The van der Waals surface area contributed by atoms with Crippen LogP contribution in [0.15, 0.2) is 97.1 Å². The van der Waals surface area contributed by atoms with Crippen LogP contribution in [0.25, 0.3) is 0 Å².